The number of alkyl halides is 2. The number of allylic oxidation sites excluding steroid dienone is 1. The van der Waals surface area contributed by atoms with E-state index in [9.17, 15) is 13.6 Å². The van der Waals surface area contributed by atoms with E-state index in [0.29, 0.717) is 25.2 Å². The molecule has 0 saturated carbocycles. The lowest BCUT2D eigenvalue weighted by molar-refractivity contribution is -0.127. The molecule has 1 amide bonds. The third-order valence-corrected chi connectivity index (χ3v) is 7.24. The van der Waals surface area contributed by atoms with E-state index in [1.165, 1.54) is 10.4 Å². The molecule has 0 N–H and O–H groups in total. The lowest BCUT2D eigenvalue weighted by atomic mass is 9.83. The molecule has 0 radical (unpaired) electrons. The number of hydrogen-bond acceptors (Lipinski definition) is 3. The standard InChI is InChI=1S/C25H28F2N3OPS/c1-4-6-11-23(31)29-13-20(19-12-16(3)33-22(19)15-29)17-9-7-8-10-18(17)21-14-30(5-2)28-24(21)25(26,27)32/h6-12,14,20H,4-5,13,15,32H2,1-3H3/b11-6+/t20-/m0/s1. The van der Waals surface area contributed by atoms with Crippen molar-refractivity contribution < 1.29 is 13.6 Å². The van der Waals surface area contributed by atoms with Crippen molar-refractivity contribution >= 4 is 26.5 Å². The van der Waals surface area contributed by atoms with Gasteiger partial charge < -0.3 is 4.90 Å². The molecule has 33 heavy (non-hydrogen) atoms. The highest BCUT2D eigenvalue weighted by atomic mass is 32.1. The minimum Gasteiger partial charge on any atom is -0.333 e. The Kier molecular flexibility index (Phi) is 6.83. The van der Waals surface area contributed by atoms with E-state index < -0.39 is 5.66 Å². The highest BCUT2D eigenvalue weighted by Crippen LogP contribution is 2.45. The monoisotopic (exact) mass is 487 g/mol. The fourth-order valence-electron chi connectivity index (χ4n) is 4.39. The van der Waals surface area contributed by atoms with E-state index in [4.69, 9.17) is 0 Å². The number of carbonyl (C=O) groups is 1. The summed E-state index contributed by atoms with van der Waals surface area (Å²) < 4.78 is 30.5. The highest BCUT2D eigenvalue weighted by molar-refractivity contribution is 7.17. The van der Waals surface area contributed by atoms with Gasteiger partial charge in [0.1, 0.15) is 5.69 Å². The number of aryl methyl sites for hydroxylation is 2. The second-order valence-corrected chi connectivity index (χ2v) is 10.3. The van der Waals surface area contributed by atoms with Crippen LogP contribution in [0.5, 0.6) is 0 Å². The van der Waals surface area contributed by atoms with Gasteiger partial charge in [0.05, 0.1) is 6.54 Å². The number of thiophene rings is 1. The van der Waals surface area contributed by atoms with Crippen LogP contribution in [0.15, 0.2) is 48.7 Å². The topological polar surface area (TPSA) is 38.1 Å². The van der Waals surface area contributed by atoms with Gasteiger partial charge in [0.2, 0.25) is 5.91 Å². The maximum Gasteiger partial charge on any atom is 0.302 e. The lowest BCUT2D eigenvalue weighted by Gasteiger charge is -2.33. The summed E-state index contributed by atoms with van der Waals surface area (Å²) in [5.74, 6) is -0.128. The zero-order valence-corrected chi connectivity index (χ0v) is 21.0. The van der Waals surface area contributed by atoms with Crippen molar-refractivity contribution in [2.45, 2.75) is 51.9 Å². The molecule has 0 fully saturated rings. The largest absolute Gasteiger partial charge is 0.333 e. The number of nitrogens with zero attached hydrogens (tertiary/aromatic N) is 3. The van der Waals surface area contributed by atoms with E-state index in [0.717, 1.165) is 22.4 Å². The number of fused-ring (bicyclic) bond motifs is 1. The zero-order valence-electron chi connectivity index (χ0n) is 19.0. The Labute approximate surface area is 199 Å². The summed E-state index contributed by atoms with van der Waals surface area (Å²) in [7, 11) is 1.61. The number of aromatic nitrogens is 2. The quantitative estimate of drug-likeness (QED) is 0.302. The van der Waals surface area contributed by atoms with Crippen LogP contribution in [-0.2, 0) is 23.5 Å². The molecule has 1 aromatic carbocycles. The Balaban J connectivity index is 1.85. The average molecular weight is 488 g/mol. The van der Waals surface area contributed by atoms with Crippen molar-refractivity contribution in [3.05, 3.63) is 75.3 Å². The Hall–Kier alpha value is -2.37. The zero-order chi connectivity index (χ0) is 23.8. The number of hydrogen-bond donors (Lipinski definition) is 0. The maximum atomic E-state index is 14.5. The Morgan fingerprint density at radius 3 is 2.73 bits per heavy atom. The second-order valence-electron chi connectivity index (χ2n) is 8.27. The Morgan fingerprint density at radius 1 is 1.27 bits per heavy atom. The van der Waals surface area contributed by atoms with Crippen LogP contribution in [-0.4, -0.2) is 27.1 Å². The Morgan fingerprint density at radius 2 is 2.03 bits per heavy atom. The van der Waals surface area contributed by atoms with Crippen molar-refractivity contribution in [2.24, 2.45) is 0 Å². The molecule has 2 atom stereocenters. The van der Waals surface area contributed by atoms with Crippen LogP contribution in [0.25, 0.3) is 11.1 Å². The predicted molar refractivity (Wildman–Crippen MR) is 133 cm³/mol. The fraction of sp³-hybridized carbons (Fsp3) is 0.360. The van der Waals surface area contributed by atoms with Gasteiger partial charge in [-0.05, 0) is 49.1 Å². The molecule has 1 unspecified atom stereocenters. The van der Waals surface area contributed by atoms with E-state index in [1.54, 1.807) is 37.5 Å². The van der Waals surface area contributed by atoms with E-state index in [1.807, 2.05) is 49.1 Å². The maximum absolute atomic E-state index is 14.5. The first-order valence-electron chi connectivity index (χ1n) is 11.1. The minimum absolute atomic E-state index is 0.0213. The van der Waals surface area contributed by atoms with E-state index in [-0.39, 0.29) is 17.5 Å². The summed E-state index contributed by atoms with van der Waals surface area (Å²) >= 11 is 1.69. The summed E-state index contributed by atoms with van der Waals surface area (Å²) in [6, 6.07) is 9.83. The van der Waals surface area contributed by atoms with Gasteiger partial charge in [-0.2, -0.15) is 13.9 Å². The third-order valence-electron chi connectivity index (χ3n) is 5.91. The molecule has 0 saturated heterocycles. The molecule has 0 spiro atoms. The SMILES string of the molecule is CC/C=C/C(=O)N1Cc2sc(C)cc2[C@H](c2ccccc2-c2cn(CC)nc2C(F)(F)P)C1. The number of halogens is 2. The summed E-state index contributed by atoms with van der Waals surface area (Å²) in [4.78, 5) is 17.0. The minimum atomic E-state index is -3.15. The van der Waals surface area contributed by atoms with Gasteiger partial charge in [0.25, 0.3) is 0 Å². The van der Waals surface area contributed by atoms with Crippen molar-refractivity contribution in [3.63, 3.8) is 0 Å². The van der Waals surface area contributed by atoms with Gasteiger partial charge in [-0.3, -0.25) is 9.48 Å². The molecule has 8 heteroatoms. The van der Waals surface area contributed by atoms with Crippen LogP contribution >= 0.6 is 20.6 Å². The molecule has 1 aliphatic rings. The molecule has 174 valence electrons. The van der Waals surface area contributed by atoms with Crippen LogP contribution in [0.4, 0.5) is 8.78 Å². The van der Waals surface area contributed by atoms with Crippen LogP contribution in [0, 0.1) is 6.92 Å². The fourth-order valence-corrected chi connectivity index (χ4v) is 5.72. The van der Waals surface area contributed by atoms with Gasteiger partial charge in [-0.15, -0.1) is 11.3 Å². The lowest BCUT2D eigenvalue weighted by Crippen LogP contribution is -2.37. The number of benzene rings is 1. The normalized spacial score (nSPS) is 16.4. The third kappa shape index (κ3) is 4.80. The van der Waals surface area contributed by atoms with Crippen molar-refractivity contribution in [3.8, 4) is 11.1 Å². The van der Waals surface area contributed by atoms with Gasteiger partial charge in [0, 0.05) is 40.5 Å². The summed E-state index contributed by atoms with van der Waals surface area (Å²) in [6.45, 7) is 7.51. The molecule has 1 aliphatic heterocycles. The van der Waals surface area contributed by atoms with E-state index in [2.05, 4.69) is 18.1 Å². The van der Waals surface area contributed by atoms with Gasteiger partial charge in [0.15, 0.2) is 0 Å². The first-order valence-corrected chi connectivity index (χ1v) is 12.5. The Bertz CT molecular complexity index is 1190. The van der Waals surface area contributed by atoms with E-state index >= 15 is 0 Å². The van der Waals surface area contributed by atoms with Crippen molar-refractivity contribution in [2.75, 3.05) is 6.54 Å². The summed E-state index contributed by atoms with van der Waals surface area (Å²) in [6.07, 6.45) is 5.99. The van der Waals surface area contributed by atoms with Crippen LogP contribution < -0.4 is 0 Å². The first kappa shape index (κ1) is 23.8. The highest BCUT2D eigenvalue weighted by Gasteiger charge is 2.35. The van der Waals surface area contributed by atoms with Crippen LogP contribution in [0.1, 0.15) is 52.8 Å². The molecular formula is C25H28F2N3OPS. The first-order chi connectivity index (χ1) is 15.7. The van der Waals surface area contributed by atoms with Crippen molar-refractivity contribution in [1.82, 2.24) is 14.7 Å². The molecule has 0 aliphatic carbocycles. The van der Waals surface area contributed by atoms with Crippen LogP contribution in [0.3, 0.4) is 0 Å². The average Bonchev–Trinajstić information content (AvgIpc) is 3.39. The predicted octanol–water partition coefficient (Wildman–Crippen LogP) is 6.30. The number of carbonyl (C=O) groups excluding carboxylic acids is 1. The molecule has 0 bridgehead atoms. The molecule has 3 aromatic rings. The molecular weight excluding hydrogens is 459 g/mol. The van der Waals surface area contributed by atoms with Crippen LogP contribution in [0.2, 0.25) is 0 Å². The molecule has 4 nitrogen and oxygen atoms in total. The van der Waals surface area contributed by atoms with Crippen molar-refractivity contribution in [1.29, 1.82) is 0 Å². The molecule has 3 heterocycles. The number of amides is 1. The van der Waals surface area contributed by atoms with Gasteiger partial charge in [-0.25, -0.2) is 0 Å². The summed E-state index contributed by atoms with van der Waals surface area (Å²) in [5, 5.41) is 4.16. The molecule has 2 aromatic heterocycles. The smallest absolute Gasteiger partial charge is 0.302 e. The number of rotatable bonds is 6. The summed E-state index contributed by atoms with van der Waals surface area (Å²) in [5.41, 5.74) is -0.136. The second kappa shape index (κ2) is 9.47. The van der Waals surface area contributed by atoms with Gasteiger partial charge in [-0.1, -0.05) is 46.5 Å². The van der Waals surface area contributed by atoms with Gasteiger partial charge >= 0.3 is 5.66 Å². The molecule has 4 rings (SSSR count).